The number of nitrogens with one attached hydrogen (secondary N) is 1. The highest BCUT2D eigenvalue weighted by molar-refractivity contribution is 7.92. The molecule has 258 valence electrons. The summed E-state index contributed by atoms with van der Waals surface area (Å²) in [4.78, 5) is 30.6. The number of hydrogen-bond acceptors (Lipinski definition) is 5. The van der Waals surface area contributed by atoms with Crippen LogP contribution in [0.4, 0.5) is 5.69 Å². The highest BCUT2D eigenvalue weighted by atomic mass is 35.5. The van der Waals surface area contributed by atoms with E-state index >= 15 is 0 Å². The highest BCUT2D eigenvalue weighted by Crippen LogP contribution is 2.33. The lowest BCUT2D eigenvalue weighted by atomic mass is 9.94. The van der Waals surface area contributed by atoms with E-state index in [1.165, 1.54) is 17.0 Å². The van der Waals surface area contributed by atoms with Crippen LogP contribution in [0.5, 0.6) is 5.75 Å². The molecule has 4 aromatic rings. The second kappa shape index (κ2) is 16.9. The Bertz CT molecular complexity index is 1810. The van der Waals surface area contributed by atoms with Gasteiger partial charge in [-0.3, -0.25) is 13.9 Å². The summed E-state index contributed by atoms with van der Waals surface area (Å²) >= 11 is 6.37. The summed E-state index contributed by atoms with van der Waals surface area (Å²) in [6.07, 6.45) is 5.19. The van der Waals surface area contributed by atoms with Crippen molar-refractivity contribution in [3.05, 3.63) is 125 Å². The second-order valence-electron chi connectivity index (χ2n) is 12.4. The predicted octanol–water partition coefficient (Wildman–Crippen LogP) is 7.33. The molecule has 2 amide bonds. The normalized spacial score (nSPS) is 14.1. The van der Waals surface area contributed by atoms with E-state index in [9.17, 15) is 18.0 Å². The van der Waals surface area contributed by atoms with Crippen LogP contribution in [0.25, 0.3) is 0 Å². The van der Waals surface area contributed by atoms with Gasteiger partial charge in [0.15, 0.2) is 0 Å². The van der Waals surface area contributed by atoms with E-state index in [4.69, 9.17) is 16.3 Å². The van der Waals surface area contributed by atoms with E-state index < -0.39 is 28.5 Å². The van der Waals surface area contributed by atoms with E-state index in [1.54, 1.807) is 54.6 Å². The molecule has 1 aliphatic rings. The first-order chi connectivity index (χ1) is 23.7. The number of aryl methyl sites for hydroxylation is 1. The van der Waals surface area contributed by atoms with Crippen molar-refractivity contribution in [2.75, 3.05) is 17.5 Å². The van der Waals surface area contributed by atoms with E-state index in [1.807, 2.05) is 50.2 Å². The fourth-order valence-corrected chi connectivity index (χ4v) is 7.86. The minimum Gasteiger partial charge on any atom is -0.492 e. The Kier molecular flexibility index (Phi) is 12.4. The van der Waals surface area contributed by atoms with Crippen molar-refractivity contribution in [1.82, 2.24) is 10.2 Å². The first kappa shape index (κ1) is 36.0. The van der Waals surface area contributed by atoms with Crippen molar-refractivity contribution in [2.24, 2.45) is 0 Å². The second-order valence-corrected chi connectivity index (χ2v) is 14.7. The predicted molar refractivity (Wildman–Crippen MR) is 194 cm³/mol. The number of nitrogens with zero attached hydrogens (tertiary/aromatic N) is 2. The number of carbonyl (C=O) groups is 2. The summed E-state index contributed by atoms with van der Waals surface area (Å²) in [5.74, 6) is -0.485. The largest absolute Gasteiger partial charge is 0.492 e. The maximum Gasteiger partial charge on any atom is 0.264 e. The quantitative estimate of drug-likeness (QED) is 0.149. The number of hydrogen-bond donors (Lipinski definition) is 1. The average Bonchev–Trinajstić information content (AvgIpc) is 3.10. The summed E-state index contributed by atoms with van der Waals surface area (Å²) < 4.78 is 35.8. The molecule has 1 aliphatic carbocycles. The van der Waals surface area contributed by atoms with Gasteiger partial charge in [0.2, 0.25) is 11.8 Å². The Hall–Kier alpha value is -4.34. The lowest BCUT2D eigenvalue weighted by molar-refractivity contribution is -0.140. The van der Waals surface area contributed by atoms with Gasteiger partial charge in [0, 0.05) is 24.0 Å². The molecule has 0 spiro atoms. The van der Waals surface area contributed by atoms with Crippen molar-refractivity contribution >= 4 is 39.1 Å². The minimum atomic E-state index is -4.26. The summed E-state index contributed by atoms with van der Waals surface area (Å²) in [5, 5.41) is 3.72. The van der Waals surface area contributed by atoms with Crippen molar-refractivity contribution in [1.29, 1.82) is 0 Å². The Morgan fingerprint density at radius 3 is 2.24 bits per heavy atom. The third-order valence-corrected chi connectivity index (χ3v) is 10.8. The van der Waals surface area contributed by atoms with E-state index in [0.717, 1.165) is 47.5 Å². The first-order valence-electron chi connectivity index (χ1n) is 16.8. The molecule has 1 fully saturated rings. The molecule has 0 unspecified atom stereocenters. The summed E-state index contributed by atoms with van der Waals surface area (Å²) in [7, 11) is -4.26. The molecule has 4 aromatic carbocycles. The van der Waals surface area contributed by atoms with Gasteiger partial charge in [-0.15, -0.1) is 0 Å². The number of sulfonamides is 1. The van der Waals surface area contributed by atoms with Crippen LogP contribution in [0.3, 0.4) is 0 Å². The van der Waals surface area contributed by atoms with Crippen molar-refractivity contribution < 1.29 is 22.7 Å². The molecule has 1 atom stereocenters. The number of para-hydroxylation sites is 2. The maximum atomic E-state index is 14.8. The van der Waals surface area contributed by atoms with Crippen LogP contribution in [0, 0.1) is 6.92 Å². The topological polar surface area (TPSA) is 96.0 Å². The van der Waals surface area contributed by atoms with Gasteiger partial charge < -0.3 is 15.0 Å². The van der Waals surface area contributed by atoms with Gasteiger partial charge in [-0.1, -0.05) is 103 Å². The van der Waals surface area contributed by atoms with Gasteiger partial charge >= 0.3 is 0 Å². The highest BCUT2D eigenvalue weighted by Gasteiger charge is 2.36. The van der Waals surface area contributed by atoms with Crippen LogP contribution < -0.4 is 14.4 Å². The van der Waals surface area contributed by atoms with Gasteiger partial charge in [-0.2, -0.15) is 0 Å². The molecular formula is C39H44ClN3O5S. The zero-order valence-electron chi connectivity index (χ0n) is 28.1. The number of benzene rings is 4. The molecule has 0 aliphatic heterocycles. The summed E-state index contributed by atoms with van der Waals surface area (Å²) in [6.45, 7) is 3.46. The molecule has 0 radical (unpaired) electrons. The SMILES string of the molecule is CCOc1ccccc1N(CC(=O)N(Cc1cccc(Cl)c1)[C@H](Cc1ccccc1)C(=O)NC1CCCCC1)S(=O)(=O)c1ccc(C)cc1. The molecule has 49 heavy (non-hydrogen) atoms. The molecule has 10 heteroatoms. The third-order valence-electron chi connectivity index (χ3n) is 8.79. The van der Waals surface area contributed by atoms with E-state index in [-0.39, 0.29) is 35.5 Å². The van der Waals surface area contributed by atoms with E-state index in [0.29, 0.717) is 22.9 Å². The summed E-state index contributed by atoms with van der Waals surface area (Å²) in [6, 6.07) is 29.0. The average molecular weight is 702 g/mol. The van der Waals surface area contributed by atoms with Gasteiger partial charge in [0.1, 0.15) is 18.3 Å². The Morgan fingerprint density at radius 2 is 1.55 bits per heavy atom. The molecule has 1 N–H and O–H groups in total. The summed E-state index contributed by atoms with van der Waals surface area (Å²) in [5.41, 5.74) is 2.72. The molecular weight excluding hydrogens is 658 g/mol. The molecule has 0 bridgehead atoms. The number of carbonyl (C=O) groups excluding carboxylic acids is 2. The van der Waals surface area contributed by atoms with Crippen LogP contribution in [-0.4, -0.2) is 50.4 Å². The number of amides is 2. The van der Waals surface area contributed by atoms with Gasteiger partial charge in [0.25, 0.3) is 10.0 Å². The number of anilines is 1. The number of ether oxygens (including phenoxy) is 1. The van der Waals surface area contributed by atoms with Gasteiger partial charge in [-0.25, -0.2) is 8.42 Å². The zero-order chi connectivity index (χ0) is 34.8. The zero-order valence-corrected chi connectivity index (χ0v) is 29.6. The standard InChI is InChI=1S/C39H44ClN3O5S/c1-3-48-37-20-11-10-19-35(37)43(49(46,47)34-23-21-29(2)22-24-34)28-38(44)42(27-31-15-12-16-32(40)25-31)36(26-30-13-6-4-7-14-30)39(45)41-33-17-8-5-9-18-33/h4,6-7,10-16,19-25,33,36H,3,5,8-9,17-18,26-28H2,1-2H3,(H,41,45)/t36-/m1/s1. The first-order valence-corrected chi connectivity index (χ1v) is 18.7. The third kappa shape index (κ3) is 9.43. The molecule has 1 saturated carbocycles. The Morgan fingerprint density at radius 1 is 0.878 bits per heavy atom. The lowest BCUT2D eigenvalue weighted by Gasteiger charge is -2.35. The van der Waals surface area contributed by atoms with E-state index in [2.05, 4.69) is 5.32 Å². The fraction of sp³-hybridized carbons (Fsp3) is 0.333. The molecule has 8 nitrogen and oxygen atoms in total. The van der Waals surface area contributed by atoms with Crippen molar-refractivity contribution in [2.45, 2.75) is 75.9 Å². The van der Waals surface area contributed by atoms with Crippen LogP contribution in [0.1, 0.15) is 55.7 Å². The monoisotopic (exact) mass is 701 g/mol. The van der Waals surface area contributed by atoms with Crippen molar-refractivity contribution in [3.8, 4) is 5.75 Å². The minimum absolute atomic E-state index is 0.0131. The van der Waals surface area contributed by atoms with Gasteiger partial charge in [-0.05, 0) is 74.2 Å². The smallest absolute Gasteiger partial charge is 0.264 e. The molecule has 5 rings (SSSR count). The van der Waals surface area contributed by atoms with Crippen LogP contribution in [0.2, 0.25) is 5.02 Å². The number of rotatable bonds is 14. The molecule has 0 aromatic heterocycles. The molecule has 0 heterocycles. The van der Waals surface area contributed by atoms with Crippen LogP contribution in [-0.2, 0) is 32.6 Å². The maximum absolute atomic E-state index is 14.8. The number of halogens is 1. The fourth-order valence-electron chi connectivity index (χ4n) is 6.22. The Labute approximate surface area is 295 Å². The van der Waals surface area contributed by atoms with Crippen LogP contribution in [0.15, 0.2) is 108 Å². The lowest BCUT2D eigenvalue weighted by Crippen LogP contribution is -2.55. The Balaban J connectivity index is 1.59. The van der Waals surface area contributed by atoms with Gasteiger partial charge in [0.05, 0.1) is 17.2 Å². The molecule has 0 saturated heterocycles. The van der Waals surface area contributed by atoms with Crippen LogP contribution >= 0.6 is 11.6 Å². The van der Waals surface area contributed by atoms with Crippen molar-refractivity contribution in [3.63, 3.8) is 0 Å².